The smallest absolute Gasteiger partial charge is 0.257 e. The van der Waals surface area contributed by atoms with E-state index in [1.165, 1.54) is 0 Å². The Morgan fingerprint density at radius 2 is 2.24 bits per heavy atom. The molecule has 1 aromatic heterocycles. The Bertz CT molecular complexity index is 418. The number of nitrogens with one attached hydrogen (secondary N) is 1. The molecule has 2 rings (SSSR count). The zero-order chi connectivity index (χ0) is 12.3. The third-order valence-electron chi connectivity index (χ3n) is 2.72. The molecule has 1 fully saturated rings. The summed E-state index contributed by atoms with van der Waals surface area (Å²) in [5.74, 6) is 7.43. The summed E-state index contributed by atoms with van der Waals surface area (Å²) in [4.78, 5) is 18.3. The van der Waals surface area contributed by atoms with Crippen LogP contribution >= 0.6 is 11.8 Å². The van der Waals surface area contributed by atoms with Crippen molar-refractivity contribution in [2.45, 2.75) is 6.92 Å². The van der Waals surface area contributed by atoms with E-state index in [4.69, 9.17) is 5.84 Å². The lowest BCUT2D eigenvalue weighted by Gasteiger charge is -2.27. The van der Waals surface area contributed by atoms with Crippen LogP contribution in [0.3, 0.4) is 0 Å². The molecular weight excluding hydrogens is 236 g/mol. The number of hydrazine groups is 1. The summed E-state index contributed by atoms with van der Waals surface area (Å²) < 4.78 is 0. The van der Waals surface area contributed by atoms with Crippen molar-refractivity contribution < 1.29 is 4.79 Å². The fourth-order valence-corrected chi connectivity index (χ4v) is 2.69. The summed E-state index contributed by atoms with van der Waals surface area (Å²) in [5, 5.41) is 0. The SMILES string of the molecule is Cc1cc(NN)c(C(=O)N2CCSCC2)cn1. The number of rotatable bonds is 2. The van der Waals surface area contributed by atoms with Crippen LogP contribution in [0.5, 0.6) is 0 Å². The topological polar surface area (TPSA) is 71.2 Å². The first-order chi connectivity index (χ1) is 8.22. The van der Waals surface area contributed by atoms with Gasteiger partial charge in [-0.15, -0.1) is 0 Å². The van der Waals surface area contributed by atoms with Crippen LogP contribution in [0.25, 0.3) is 0 Å². The van der Waals surface area contributed by atoms with Gasteiger partial charge in [-0.3, -0.25) is 15.6 Å². The zero-order valence-corrected chi connectivity index (χ0v) is 10.6. The molecule has 5 nitrogen and oxygen atoms in total. The van der Waals surface area contributed by atoms with Crippen LogP contribution in [-0.2, 0) is 0 Å². The number of carbonyl (C=O) groups is 1. The molecule has 0 saturated carbocycles. The van der Waals surface area contributed by atoms with Gasteiger partial charge >= 0.3 is 0 Å². The Kier molecular flexibility index (Phi) is 3.86. The van der Waals surface area contributed by atoms with Crippen molar-refractivity contribution in [2.75, 3.05) is 30.0 Å². The number of hydrogen-bond acceptors (Lipinski definition) is 5. The molecule has 0 atom stereocenters. The minimum Gasteiger partial charge on any atom is -0.337 e. The van der Waals surface area contributed by atoms with Crippen LogP contribution in [0.1, 0.15) is 16.1 Å². The second kappa shape index (κ2) is 5.37. The average molecular weight is 252 g/mol. The minimum atomic E-state index is 0.00532. The number of nitrogens with zero attached hydrogens (tertiary/aromatic N) is 2. The Morgan fingerprint density at radius 1 is 1.53 bits per heavy atom. The number of nitrogens with two attached hydrogens (primary N) is 1. The summed E-state index contributed by atoms with van der Waals surface area (Å²) in [6.45, 7) is 3.45. The lowest BCUT2D eigenvalue weighted by atomic mass is 10.2. The first kappa shape index (κ1) is 12.2. The number of carbonyl (C=O) groups excluding carboxylic acids is 1. The number of nitrogen functional groups attached to an aromatic ring is 1. The Morgan fingerprint density at radius 3 is 2.88 bits per heavy atom. The Hall–Kier alpha value is -1.27. The van der Waals surface area contributed by atoms with E-state index in [0.29, 0.717) is 11.3 Å². The first-order valence-electron chi connectivity index (χ1n) is 5.52. The monoisotopic (exact) mass is 252 g/mol. The number of pyridine rings is 1. The maximum absolute atomic E-state index is 12.3. The summed E-state index contributed by atoms with van der Waals surface area (Å²) in [6.07, 6.45) is 1.59. The molecule has 3 N–H and O–H groups in total. The van der Waals surface area contributed by atoms with Crippen LogP contribution in [0.15, 0.2) is 12.3 Å². The Labute approximate surface area is 105 Å². The molecule has 2 heterocycles. The number of anilines is 1. The summed E-state index contributed by atoms with van der Waals surface area (Å²) >= 11 is 1.87. The summed E-state index contributed by atoms with van der Waals surface area (Å²) in [5.41, 5.74) is 4.59. The highest BCUT2D eigenvalue weighted by Gasteiger charge is 2.21. The number of aromatic nitrogens is 1. The fraction of sp³-hybridized carbons (Fsp3) is 0.455. The van der Waals surface area contributed by atoms with Gasteiger partial charge in [0.25, 0.3) is 5.91 Å². The average Bonchev–Trinajstić information content (AvgIpc) is 2.39. The van der Waals surface area contributed by atoms with Gasteiger partial charge in [0.2, 0.25) is 0 Å². The quantitative estimate of drug-likeness (QED) is 0.603. The second-order valence-corrected chi connectivity index (χ2v) is 5.14. The minimum absolute atomic E-state index is 0.00532. The van der Waals surface area contributed by atoms with Crippen LogP contribution < -0.4 is 11.3 Å². The maximum Gasteiger partial charge on any atom is 0.257 e. The third-order valence-corrected chi connectivity index (χ3v) is 3.67. The summed E-state index contributed by atoms with van der Waals surface area (Å²) in [7, 11) is 0. The number of thioether (sulfide) groups is 1. The maximum atomic E-state index is 12.3. The summed E-state index contributed by atoms with van der Waals surface area (Å²) in [6, 6.07) is 1.78. The highest BCUT2D eigenvalue weighted by molar-refractivity contribution is 7.99. The molecular formula is C11H16N4OS. The van der Waals surface area contributed by atoms with Crippen molar-refractivity contribution in [1.29, 1.82) is 0 Å². The number of amides is 1. The van der Waals surface area contributed by atoms with Gasteiger partial charge in [0.1, 0.15) is 0 Å². The number of hydrogen-bond donors (Lipinski definition) is 2. The van der Waals surface area contributed by atoms with Crippen molar-refractivity contribution in [3.05, 3.63) is 23.5 Å². The van der Waals surface area contributed by atoms with Crippen molar-refractivity contribution in [3.8, 4) is 0 Å². The molecule has 6 heteroatoms. The molecule has 0 unspecified atom stereocenters. The van der Waals surface area contributed by atoms with Crippen molar-refractivity contribution in [2.24, 2.45) is 5.84 Å². The van der Waals surface area contributed by atoms with Gasteiger partial charge in [-0.05, 0) is 13.0 Å². The molecule has 1 aliphatic rings. The molecule has 92 valence electrons. The van der Waals surface area contributed by atoms with Gasteiger partial charge in [-0.25, -0.2) is 0 Å². The first-order valence-corrected chi connectivity index (χ1v) is 6.68. The fourth-order valence-electron chi connectivity index (χ4n) is 1.79. The predicted molar refractivity (Wildman–Crippen MR) is 70.0 cm³/mol. The van der Waals surface area contributed by atoms with Gasteiger partial charge < -0.3 is 10.3 Å². The van der Waals surface area contributed by atoms with Crippen molar-refractivity contribution >= 4 is 23.4 Å². The zero-order valence-electron chi connectivity index (χ0n) is 9.77. The highest BCUT2D eigenvalue weighted by Crippen LogP contribution is 2.19. The largest absolute Gasteiger partial charge is 0.337 e. The predicted octanol–water partition coefficient (Wildman–Crippen LogP) is 0.865. The van der Waals surface area contributed by atoms with Gasteiger partial charge in [-0.2, -0.15) is 11.8 Å². The molecule has 0 aromatic carbocycles. The van der Waals surface area contributed by atoms with E-state index < -0.39 is 0 Å². The van der Waals surface area contributed by atoms with E-state index in [1.54, 1.807) is 12.3 Å². The third kappa shape index (κ3) is 2.70. The van der Waals surface area contributed by atoms with E-state index in [9.17, 15) is 4.79 Å². The molecule has 17 heavy (non-hydrogen) atoms. The van der Waals surface area contributed by atoms with Crippen LogP contribution in [0.4, 0.5) is 5.69 Å². The van der Waals surface area contributed by atoms with E-state index in [-0.39, 0.29) is 5.91 Å². The van der Waals surface area contributed by atoms with E-state index in [0.717, 1.165) is 30.3 Å². The number of aryl methyl sites for hydroxylation is 1. The van der Waals surface area contributed by atoms with Gasteiger partial charge in [0.05, 0.1) is 11.3 Å². The molecule has 0 bridgehead atoms. The lowest BCUT2D eigenvalue weighted by Crippen LogP contribution is -2.38. The molecule has 0 aliphatic carbocycles. The standard InChI is InChI=1S/C11H16N4OS/c1-8-6-10(14-12)9(7-13-8)11(16)15-2-4-17-5-3-15/h6-7H,2-5,12H2,1H3,(H,13,14). The lowest BCUT2D eigenvalue weighted by molar-refractivity contribution is 0.0773. The molecule has 0 radical (unpaired) electrons. The molecule has 1 saturated heterocycles. The van der Waals surface area contributed by atoms with Crippen LogP contribution in [0.2, 0.25) is 0 Å². The molecule has 1 aromatic rings. The molecule has 0 spiro atoms. The van der Waals surface area contributed by atoms with Crippen molar-refractivity contribution in [1.82, 2.24) is 9.88 Å². The van der Waals surface area contributed by atoms with Crippen molar-refractivity contribution in [3.63, 3.8) is 0 Å². The highest BCUT2D eigenvalue weighted by atomic mass is 32.2. The van der Waals surface area contributed by atoms with Gasteiger partial charge in [-0.1, -0.05) is 0 Å². The van der Waals surface area contributed by atoms with Gasteiger partial charge in [0, 0.05) is 36.5 Å². The van der Waals surface area contributed by atoms with Gasteiger partial charge in [0.15, 0.2) is 0 Å². The van der Waals surface area contributed by atoms with Crippen LogP contribution in [0, 0.1) is 6.92 Å². The van der Waals surface area contributed by atoms with E-state index >= 15 is 0 Å². The Balaban J connectivity index is 2.23. The normalized spacial score (nSPS) is 15.8. The molecule has 1 amide bonds. The van der Waals surface area contributed by atoms with E-state index in [2.05, 4.69) is 10.4 Å². The second-order valence-electron chi connectivity index (χ2n) is 3.92. The molecule has 1 aliphatic heterocycles. The van der Waals surface area contributed by atoms with Crippen LogP contribution in [-0.4, -0.2) is 40.4 Å². The van der Waals surface area contributed by atoms with E-state index in [1.807, 2.05) is 23.6 Å².